The summed E-state index contributed by atoms with van der Waals surface area (Å²) in [5, 5.41) is 10.1. The number of nitrogens with two attached hydrogens (primary N) is 1. The number of hydrogen-bond donors (Lipinski definition) is 2. The second-order valence-electron chi connectivity index (χ2n) is 6.11. The van der Waals surface area contributed by atoms with E-state index < -0.39 is 0 Å². The number of anilines is 1. The Balaban J connectivity index is 1.71. The molecule has 27 heavy (non-hydrogen) atoms. The van der Waals surface area contributed by atoms with Gasteiger partial charge >= 0.3 is 0 Å². The van der Waals surface area contributed by atoms with Crippen LogP contribution in [0.2, 0.25) is 0 Å². The van der Waals surface area contributed by atoms with E-state index in [1.165, 1.54) is 13.1 Å². The summed E-state index contributed by atoms with van der Waals surface area (Å²) in [6, 6.07) is 14.1. The number of pyridine rings is 1. The third-order valence-corrected chi connectivity index (χ3v) is 4.04. The van der Waals surface area contributed by atoms with Gasteiger partial charge in [-0.15, -0.1) is 0 Å². The summed E-state index contributed by atoms with van der Waals surface area (Å²) in [6.45, 7) is 3.41. The minimum atomic E-state index is -0.191. The number of benzene rings is 2. The predicted octanol–water partition coefficient (Wildman–Crippen LogP) is 4.25. The Morgan fingerprint density at radius 2 is 2.00 bits per heavy atom. The van der Waals surface area contributed by atoms with Crippen molar-refractivity contribution in [3.63, 3.8) is 0 Å². The van der Waals surface area contributed by atoms with Crippen molar-refractivity contribution in [1.29, 1.82) is 0 Å². The standard InChI is InChI=1S/C21H20N2O4/c1-13-19(8-7-18(14(2)24)21(13)25)26-12-15-4-3-5-17(10-15)27-20-9-6-16(22)11-23-20/h3-11,25H,12,22H2,1-2H3. The first kappa shape index (κ1) is 18.3. The maximum Gasteiger partial charge on any atom is 0.219 e. The lowest BCUT2D eigenvalue weighted by Gasteiger charge is -2.13. The first-order chi connectivity index (χ1) is 12.9. The molecule has 6 nitrogen and oxygen atoms in total. The molecular weight excluding hydrogens is 344 g/mol. The molecule has 3 N–H and O–H groups in total. The fourth-order valence-electron chi connectivity index (χ4n) is 2.55. The van der Waals surface area contributed by atoms with Crippen LogP contribution in [0.25, 0.3) is 0 Å². The highest BCUT2D eigenvalue weighted by molar-refractivity contribution is 5.97. The highest BCUT2D eigenvalue weighted by Crippen LogP contribution is 2.31. The molecule has 3 aromatic rings. The van der Waals surface area contributed by atoms with Crippen molar-refractivity contribution in [1.82, 2.24) is 4.98 Å². The number of aromatic nitrogens is 1. The lowest BCUT2D eigenvalue weighted by atomic mass is 10.1. The molecule has 0 aliphatic heterocycles. The monoisotopic (exact) mass is 364 g/mol. The molecule has 0 aliphatic rings. The number of phenolic OH excluding ortho intramolecular Hbond substituents is 1. The zero-order chi connectivity index (χ0) is 19.4. The van der Waals surface area contributed by atoms with Crippen LogP contribution in [0, 0.1) is 6.92 Å². The fraction of sp³-hybridized carbons (Fsp3) is 0.143. The Hall–Kier alpha value is -3.54. The van der Waals surface area contributed by atoms with Gasteiger partial charge in [-0.25, -0.2) is 4.98 Å². The van der Waals surface area contributed by atoms with Crippen molar-refractivity contribution in [2.24, 2.45) is 0 Å². The molecule has 3 rings (SSSR count). The van der Waals surface area contributed by atoms with Gasteiger partial charge in [0.05, 0.1) is 17.4 Å². The number of hydrogen-bond acceptors (Lipinski definition) is 6. The average Bonchev–Trinajstić information content (AvgIpc) is 2.65. The maximum absolute atomic E-state index is 11.5. The Morgan fingerprint density at radius 3 is 2.70 bits per heavy atom. The van der Waals surface area contributed by atoms with Crippen LogP contribution in [0.4, 0.5) is 5.69 Å². The smallest absolute Gasteiger partial charge is 0.219 e. The molecule has 0 amide bonds. The SMILES string of the molecule is CC(=O)c1ccc(OCc2cccc(Oc3ccc(N)cn3)c2)c(C)c1O. The van der Waals surface area contributed by atoms with Crippen LogP contribution < -0.4 is 15.2 Å². The van der Waals surface area contributed by atoms with Gasteiger partial charge in [-0.1, -0.05) is 12.1 Å². The van der Waals surface area contributed by atoms with E-state index in [2.05, 4.69) is 4.98 Å². The van der Waals surface area contributed by atoms with Gasteiger partial charge in [0, 0.05) is 11.6 Å². The molecule has 0 aliphatic carbocycles. The zero-order valence-electron chi connectivity index (χ0n) is 15.1. The van der Waals surface area contributed by atoms with Crippen molar-refractivity contribution in [2.75, 3.05) is 5.73 Å². The van der Waals surface area contributed by atoms with Crippen LogP contribution in [0.15, 0.2) is 54.7 Å². The second-order valence-corrected chi connectivity index (χ2v) is 6.11. The third kappa shape index (κ3) is 4.36. The molecule has 0 atom stereocenters. The molecule has 6 heteroatoms. The maximum atomic E-state index is 11.5. The van der Waals surface area contributed by atoms with Gasteiger partial charge in [-0.05, 0) is 49.7 Å². The molecular formula is C21H20N2O4. The molecule has 1 heterocycles. The van der Waals surface area contributed by atoms with Crippen LogP contribution in [-0.4, -0.2) is 15.9 Å². The summed E-state index contributed by atoms with van der Waals surface area (Å²) in [5.74, 6) is 1.35. The third-order valence-electron chi connectivity index (χ3n) is 4.04. The Labute approximate surface area is 157 Å². The first-order valence-corrected chi connectivity index (χ1v) is 8.38. The fourth-order valence-corrected chi connectivity index (χ4v) is 2.55. The van der Waals surface area contributed by atoms with Gasteiger partial charge in [0.15, 0.2) is 5.78 Å². The minimum Gasteiger partial charge on any atom is -0.507 e. The van der Waals surface area contributed by atoms with E-state index in [0.29, 0.717) is 28.6 Å². The van der Waals surface area contributed by atoms with E-state index in [9.17, 15) is 9.90 Å². The van der Waals surface area contributed by atoms with Crippen LogP contribution in [0.3, 0.4) is 0 Å². The predicted molar refractivity (Wildman–Crippen MR) is 102 cm³/mol. The molecule has 0 unspecified atom stereocenters. The van der Waals surface area contributed by atoms with E-state index in [1.807, 2.05) is 24.3 Å². The van der Waals surface area contributed by atoms with Gasteiger partial charge in [0.2, 0.25) is 5.88 Å². The van der Waals surface area contributed by atoms with Crippen molar-refractivity contribution in [3.05, 3.63) is 71.4 Å². The minimum absolute atomic E-state index is 0.0495. The quantitative estimate of drug-likeness (QED) is 0.635. The van der Waals surface area contributed by atoms with Crippen LogP contribution in [0.5, 0.6) is 23.1 Å². The number of aromatic hydroxyl groups is 1. The van der Waals surface area contributed by atoms with Gasteiger partial charge in [0.25, 0.3) is 0 Å². The second kappa shape index (κ2) is 7.78. The molecule has 1 aromatic heterocycles. The molecule has 0 bridgehead atoms. The highest BCUT2D eigenvalue weighted by atomic mass is 16.5. The molecule has 0 spiro atoms. The summed E-state index contributed by atoms with van der Waals surface area (Å²) >= 11 is 0. The zero-order valence-corrected chi connectivity index (χ0v) is 15.1. The van der Waals surface area contributed by atoms with Gasteiger partial charge in [-0.3, -0.25) is 4.79 Å². The number of carbonyl (C=O) groups excluding carboxylic acids is 1. The van der Waals surface area contributed by atoms with Gasteiger partial charge in [-0.2, -0.15) is 0 Å². The van der Waals surface area contributed by atoms with E-state index in [1.54, 1.807) is 31.2 Å². The molecule has 0 fully saturated rings. The molecule has 0 radical (unpaired) electrons. The summed E-state index contributed by atoms with van der Waals surface area (Å²) in [5.41, 5.74) is 7.88. The summed E-state index contributed by atoms with van der Waals surface area (Å²) in [4.78, 5) is 15.6. The first-order valence-electron chi connectivity index (χ1n) is 8.38. The van der Waals surface area contributed by atoms with E-state index in [4.69, 9.17) is 15.2 Å². The van der Waals surface area contributed by atoms with E-state index >= 15 is 0 Å². The van der Waals surface area contributed by atoms with E-state index in [0.717, 1.165) is 5.56 Å². The number of nitrogen functional groups attached to an aromatic ring is 1. The summed E-state index contributed by atoms with van der Waals surface area (Å²) in [6.07, 6.45) is 1.53. The lowest BCUT2D eigenvalue weighted by Crippen LogP contribution is -2.00. The number of ketones is 1. The Kier molecular flexibility index (Phi) is 5.26. The Morgan fingerprint density at radius 1 is 1.19 bits per heavy atom. The summed E-state index contributed by atoms with van der Waals surface area (Å²) in [7, 11) is 0. The van der Waals surface area contributed by atoms with E-state index in [-0.39, 0.29) is 23.7 Å². The van der Waals surface area contributed by atoms with Gasteiger partial charge < -0.3 is 20.3 Å². The highest BCUT2D eigenvalue weighted by Gasteiger charge is 2.13. The molecule has 0 saturated carbocycles. The van der Waals surface area contributed by atoms with Crippen molar-refractivity contribution >= 4 is 11.5 Å². The number of Topliss-reactive ketones (excluding diaryl/α,β-unsaturated/α-hetero) is 1. The van der Waals surface area contributed by atoms with Crippen molar-refractivity contribution in [2.45, 2.75) is 20.5 Å². The summed E-state index contributed by atoms with van der Waals surface area (Å²) < 4.78 is 11.5. The number of carbonyl (C=O) groups is 1. The molecule has 2 aromatic carbocycles. The number of rotatable bonds is 6. The van der Waals surface area contributed by atoms with Crippen LogP contribution >= 0.6 is 0 Å². The van der Waals surface area contributed by atoms with Crippen molar-refractivity contribution in [3.8, 4) is 23.1 Å². The van der Waals surface area contributed by atoms with Crippen molar-refractivity contribution < 1.29 is 19.4 Å². The Bertz CT molecular complexity index is 968. The molecule has 138 valence electrons. The normalized spacial score (nSPS) is 10.4. The number of nitrogens with zero attached hydrogens (tertiary/aromatic N) is 1. The lowest BCUT2D eigenvalue weighted by molar-refractivity contribution is 0.101. The number of phenols is 1. The number of ether oxygens (including phenoxy) is 2. The topological polar surface area (TPSA) is 94.7 Å². The van der Waals surface area contributed by atoms with Crippen LogP contribution in [0.1, 0.15) is 28.4 Å². The van der Waals surface area contributed by atoms with Gasteiger partial charge in [0.1, 0.15) is 23.9 Å². The largest absolute Gasteiger partial charge is 0.507 e. The average molecular weight is 364 g/mol. The molecule has 0 saturated heterocycles. The van der Waals surface area contributed by atoms with Crippen LogP contribution in [-0.2, 0) is 6.61 Å².